The van der Waals surface area contributed by atoms with Crippen LogP contribution in [0.1, 0.15) is 36.0 Å². The van der Waals surface area contributed by atoms with Crippen molar-refractivity contribution in [1.82, 2.24) is 5.32 Å². The number of nitrogens with one attached hydrogen (secondary N) is 1. The highest BCUT2D eigenvalue weighted by molar-refractivity contribution is 5.27. The maximum Gasteiger partial charge on any atom is 0.126 e. The summed E-state index contributed by atoms with van der Waals surface area (Å²) in [6.07, 6.45) is 1.95. The van der Waals surface area contributed by atoms with E-state index in [0.717, 1.165) is 31.5 Å². The molecule has 0 aliphatic rings. The molecule has 0 bridgehead atoms. The van der Waals surface area contributed by atoms with E-state index in [2.05, 4.69) is 43.4 Å². The molecule has 0 aliphatic heterocycles. The van der Waals surface area contributed by atoms with Gasteiger partial charge in [0, 0.05) is 12.5 Å². The summed E-state index contributed by atoms with van der Waals surface area (Å²) in [5, 5.41) is 3.43. The summed E-state index contributed by atoms with van der Waals surface area (Å²) >= 11 is 0. The van der Waals surface area contributed by atoms with Gasteiger partial charge in [0.2, 0.25) is 0 Å². The maximum absolute atomic E-state index is 14.1. The van der Waals surface area contributed by atoms with Gasteiger partial charge in [0.05, 0.1) is 0 Å². The number of hydrogen-bond acceptors (Lipinski definition) is 1. The van der Waals surface area contributed by atoms with E-state index in [9.17, 15) is 4.39 Å². The van der Waals surface area contributed by atoms with Crippen molar-refractivity contribution in [3.63, 3.8) is 0 Å². The highest BCUT2D eigenvalue weighted by Crippen LogP contribution is 2.23. The third-order valence-corrected chi connectivity index (χ3v) is 3.77. The van der Waals surface area contributed by atoms with E-state index < -0.39 is 0 Å². The van der Waals surface area contributed by atoms with Crippen molar-refractivity contribution in [2.24, 2.45) is 0 Å². The van der Waals surface area contributed by atoms with Crippen molar-refractivity contribution in [1.29, 1.82) is 0 Å². The number of hydrogen-bond donors (Lipinski definition) is 1. The number of rotatable bonds is 7. The van der Waals surface area contributed by atoms with E-state index in [1.165, 1.54) is 11.1 Å². The molecule has 2 rings (SSSR count). The van der Waals surface area contributed by atoms with E-state index in [4.69, 9.17) is 0 Å². The summed E-state index contributed by atoms with van der Waals surface area (Å²) in [5.41, 5.74) is 3.32. The van der Waals surface area contributed by atoms with E-state index >= 15 is 0 Å². The molecule has 0 radical (unpaired) electrons. The zero-order valence-electron chi connectivity index (χ0n) is 12.9. The van der Waals surface area contributed by atoms with Gasteiger partial charge in [-0.15, -0.1) is 0 Å². The molecule has 0 amide bonds. The smallest absolute Gasteiger partial charge is 0.126 e. The van der Waals surface area contributed by atoms with E-state index in [-0.39, 0.29) is 11.7 Å². The predicted molar refractivity (Wildman–Crippen MR) is 87.2 cm³/mol. The van der Waals surface area contributed by atoms with Crippen LogP contribution in [0.25, 0.3) is 0 Å². The summed E-state index contributed by atoms with van der Waals surface area (Å²) in [5.74, 6) is 0.0633. The summed E-state index contributed by atoms with van der Waals surface area (Å²) < 4.78 is 14.1. The number of halogens is 1. The lowest BCUT2D eigenvalue weighted by atomic mass is 9.91. The zero-order valence-corrected chi connectivity index (χ0v) is 12.9. The molecule has 0 saturated heterocycles. The molecule has 1 nitrogen and oxygen atoms in total. The summed E-state index contributed by atoms with van der Waals surface area (Å²) in [6.45, 7) is 6.01. The minimum atomic E-state index is -0.104. The van der Waals surface area contributed by atoms with Crippen LogP contribution in [0.2, 0.25) is 0 Å². The summed E-state index contributed by atoms with van der Waals surface area (Å²) in [4.78, 5) is 0. The Balaban J connectivity index is 2.15. The largest absolute Gasteiger partial charge is 0.316 e. The summed E-state index contributed by atoms with van der Waals surface area (Å²) in [6, 6.07) is 15.6. The minimum Gasteiger partial charge on any atom is -0.316 e. The average molecular weight is 285 g/mol. The first-order chi connectivity index (χ1) is 10.2. The van der Waals surface area contributed by atoms with E-state index in [1.807, 2.05) is 12.1 Å². The number of aryl methyl sites for hydroxylation is 1. The normalized spacial score (nSPS) is 12.3. The molecule has 0 aliphatic carbocycles. The Labute approximate surface area is 127 Å². The van der Waals surface area contributed by atoms with Crippen LogP contribution in [0.3, 0.4) is 0 Å². The SMILES string of the molecule is CCCNCC(Cc1ccc(C)cc1)c1ccccc1F. The van der Waals surface area contributed by atoms with Crippen LogP contribution in [-0.4, -0.2) is 13.1 Å². The van der Waals surface area contributed by atoms with Crippen LogP contribution in [0.4, 0.5) is 4.39 Å². The van der Waals surface area contributed by atoms with Gasteiger partial charge in [-0.1, -0.05) is 55.0 Å². The molecule has 2 aromatic carbocycles. The lowest BCUT2D eigenvalue weighted by molar-refractivity contribution is 0.536. The molecule has 21 heavy (non-hydrogen) atoms. The van der Waals surface area contributed by atoms with Crippen molar-refractivity contribution < 1.29 is 4.39 Å². The molecular weight excluding hydrogens is 261 g/mol. The van der Waals surface area contributed by atoms with Gasteiger partial charge in [-0.25, -0.2) is 4.39 Å². The highest BCUT2D eigenvalue weighted by Gasteiger charge is 2.15. The van der Waals surface area contributed by atoms with Crippen LogP contribution in [0, 0.1) is 12.7 Å². The zero-order chi connectivity index (χ0) is 15.1. The number of benzene rings is 2. The molecule has 1 atom stereocenters. The molecule has 0 aromatic heterocycles. The first-order valence-corrected chi connectivity index (χ1v) is 7.71. The van der Waals surface area contributed by atoms with Gasteiger partial charge in [-0.05, 0) is 43.5 Å². The third kappa shape index (κ3) is 4.68. The third-order valence-electron chi connectivity index (χ3n) is 3.77. The maximum atomic E-state index is 14.1. The van der Waals surface area contributed by atoms with E-state index in [1.54, 1.807) is 12.1 Å². The fourth-order valence-corrected chi connectivity index (χ4v) is 2.56. The standard InChI is InChI=1S/C19H24FN/c1-3-12-21-14-17(18-6-4-5-7-19(18)20)13-16-10-8-15(2)9-11-16/h4-11,17,21H,3,12-14H2,1-2H3. The van der Waals surface area contributed by atoms with Crippen molar-refractivity contribution in [3.8, 4) is 0 Å². The fraction of sp³-hybridized carbons (Fsp3) is 0.368. The first-order valence-electron chi connectivity index (χ1n) is 7.71. The Kier molecular flexibility index (Phi) is 5.94. The molecule has 0 fully saturated rings. The molecule has 2 heteroatoms. The Bertz CT molecular complexity index is 548. The molecule has 2 aromatic rings. The fourth-order valence-electron chi connectivity index (χ4n) is 2.56. The van der Waals surface area contributed by atoms with Gasteiger partial charge >= 0.3 is 0 Å². The van der Waals surface area contributed by atoms with E-state index in [0.29, 0.717) is 0 Å². The molecule has 112 valence electrons. The van der Waals surface area contributed by atoms with Crippen LogP contribution in [0.15, 0.2) is 48.5 Å². The topological polar surface area (TPSA) is 12.0 Å². The Morgan fingerprint density at radius 3 is 2.43 bits per heavy atom. The lowest BCUT2D eigenvalue weighted by Gasteiger charge is -2.19. The Morgan fingerprint density at radius 2 is 1.76 bits per heavy atom. The molecule has 1 unspecified atom stereocenters. The predicted octanol–water partition coefficient (Wildman–Crippen LogP) is 4.46. The van der Waals surface area contributed by atoms with Gasteiger partial charge in [0.25, 0.3) is 0 Å². The van der Waals surface area contributed by atoms with Crippen molar-refractivity contribution >= 4 is 0 Å². The minimum absolute atomic E-state index is 0.104. The molecule has 0 spiro atoms. The van der Waals surface area contributed by atoms with Gasteiger partial charge in [-0.3, -0.25) is 0 Å². The monoisotopic (exact) mass is 285 g/mol. The molecule has 0 saturated carbocycles. The second-order valence-corrected chi connectivity index (χ2v) is 5.61. The quantitative estimate of drug-likeness (QED) is 0.741. The second-order valence-electron chi connectivity index (χ2n) is 5.61. The second kappa shape index (κ2) is 7.94. The Morgan fingerprint density at radius 1 is 1.05 bits per heavy atom. The summed E-state index contributed by atoms with van der Waals surface area (Å²) in [7, 11) is 0. The average Bonchev–Trinajstić information content (AvgIpc) is 2.49. The van der Waals surface area contributed by atoms with Gasteiger partial charge in [-0.2, -0.15) is 0 Å². The lowest BCUT2D eigenvalue weighted by Crippen LogP contribution is -2.24. The molecule has 1 N–H and O–H groups in total. The Hall–Kier alpha value is -1.67. The van der Waals surface area contributed by atoms with Crippen molar-refractivity contribution in [2.75, 3.05) is 13.1 Å². The van der Waals surface area contributed by atoms with Gasteiger partial charge in [0.15, 0.2) is 0 Å². The highest BCUT2D eigenvalue weighted by atomic mass is 19.1. The first kappa shape index (κ1) is 15.7. The van der Waals surface area contributed by atoms with Crippen LogP contribution in [-0.2, 0) is 6.42 Å². The molecular formula is C19H24FN. The van der Waals surface area contributed by atoms with Crippen LogP contribution in [0.5, 0.6) is 0 Å². The van der Waals surface area contributed by atoms with Gasteiger partial charge in [0.1, 0.15) is 5.82 Å². The van der Waals surface area contributed by atoms with Gasteiger partial charge < -0.3 is 5.32 Å². The van der Waals surface area contributed by atoms with Crippen molar-refractivity contribution in [2.45, 2.75) is 32.6 Å². The molecule has 0 heterocycles. The van der Waals surface area contributed by atoms with Crippen LogP contribution < -0.4 is 5.32 Å². The van der Waals surface area contributed by atoms with Crippen molar-refractivity contribution in [3.05, 3.63) is 71.0 Å². The van der Waals surface area contributed by atoms with Crippen LogP contribution >= 0.6 is 0 Å².